The Morgan fingerprint density at radius 2 is 2.11 bits per heavy atom. The van der Waals surface area contributed by atoms with Gasteiger partial charge in [-0.2, -0.15) is 0 Å². The molecule has 6 heteroatoms. The number of likely N-dealkylation sites (N-methyl/N-ethyl adjacent to an activating group) is 1. The Balaban J connectivity index is 2.70. The topological polar surface area (TPSA) is 84.7 Å². The Morgan fingerprint density at radius 3 is 2.68 bits per heavy atom. The van der Waals surface area contributed by atoms with Gasteiger partial charge in [-0.05, 0) is 13.0 Å². The number of carbonyl (C=O) groups is 2. The van der Waals surface area contributed by atoms with Crippen LogP contribution in [-0.4, -0.2) is 37.5 Å². The lowest BCUT2D eigenvalue weighted by Gasteiger charge is -2.19. The largest absolute Gasteiger partial charge is 0.496 e. The summed E-state index contributed by atoms with van der Waals surface area (Å²) in [4.78, 5) is 23.8. The number of urea groups is 1. The van der Waals surface area contributed by atoms with Crippen LogP contribution in [0.5, 0.6) is 5.75 Å². The first-order valence-electron chi connectivity index (χ1n) is 5.85. The van der Waals surface area contributed by atoms with Crippen molar-refractivity contribution in [3.05, 3.63) is 29.3 Å². The van der Waals surface area contributed by atoms with Crippen molar-refractivity contribution in [1.82, 2.24) is 10.2 Å². The molecule has 0 spiro atoms. The maximum absolute atomic E-state index is 11.8. The Bertz CT molecular complexity index is 474. The van der Waals surface area contributed by atoms with Crippen LogP contribution in [0.15, 0.2) is 18.2 Å². The van der Waals surface area contributed by atoms with Gasteiger partial charge in [-0.3, -0.25) is 4.79 Å². The van der Waals surface area contributed by atoms with E-state index in [0.717, 1.165) is 16.9 Å². The standard InChI is InChI=1S/C13H19N3O3/c1-9-4-5-11(19-3)10(6-9)8-16(2)12(17)7-15-13(14)18/h4-6H,7-8H2,1-3H3,(H3,14,15,18). The Morgan fingerprint density at radius 1 is 1.42 bits per heavy atom. The molecule has 0 saturated heterocycles. The smallest absolute Gasteiger partial charge is 0.312 e. The Kier molecular flexibility index (Phi) is 5.17. The van der Waals surface area contributed by atoms with Crippen LogP contribution < -0.4 is 15.8 Å². The molecule has 0 aromatic heterocycles. The van der Waals surface area contributed by atoms with Gasteiger partial charge in [-0.1, -0.05) is 17.7 Å². The van der Waals surface area contributed by atoms with E-state index in [1.54, 1.807) is 14.2 Å². The maximum atomic E-state index is 11.8. The molecule has 3 N–H and O–H groups in total. The second-order valence-electron chi connectivity index (χ2n) is 4.28. The highest BCUT2D eigenvalue weighted by molar-refractivity contribution is 5.83. The number of nitrogens with zero attached hydrogens (tertiary/aromatic N) is 1. The van der Waals surface area contributed by atoms with Crippen molar-refractivity contribution in [3.8, 4) is 5.75 Å². The van der Waals surface area contributed by atoms with Crippen LogP contribution in [0.2, 0.25) is 0 Å². The highest BCUT2D eigenvalue weighted by atomic mass is 16.5. The van der Waals surface area contributed by atoms with Gasteiger partial charge in [0.15, 0.2) is 0 Å². The number of hydrogen-bond donors (Lipinski definition) is 2. The molecule has 1 aromatic carbocycles. The number of primary amides is 1. The molecule has 6 nitrogen and oxygen atoms in total. The number of amides is 3. The highest BCUT2D eigenvalue weighted by Gasteiger charge is 2.12. The third-order valence-corrected chi connectivity index (χ3v) is 2.68. The van der Waals surface area contributed by atoms with Gasteiger partial charge >= 0.3 is 6.03 Å². The zero-order chi connectivity index (χ0) is 14.4. The van der Waals surface area contributed by atoms with Gasteiger partial charge < -0.3 is 20.7 Å². The molecule has 104 valence electrons. The molecule has 0 atom stereocenters. The van der Waals surface area contributed by atoms with E-state index in [1.165, 1.54) is 4.90 Å². The number of aryl methyl sites for hydroxylation is 1. The Labute approximate surface area is 112 Å². The number of nitrogens with two attached hydrogens (primary N) is 1. The number of benzene rings is 1. The predicted molar refractivity (Wildman–Crippen MR) is 71.8 cm³/mol. The van der Waals surface area contributed by atoms with E-state index in [1.807, 2.05) is 25.1 Å². The maximum Gasteiger partial charge on any atom is 0.312 e. The van der Waals surface area contributed by atoms with Crippen molar-refractivity contribution in [3.63, 3.8) is 0 Å². The highest BCUT2D eigenvalue weighted by Crippen LogP contribution is 2.20. The molecule has 0 aliphatic heterocycles. The minimum Gasteiger partial charge on any atom is -0.496 e. The number of hydrogen-bond acceptors (Lipinski definition) is 3. The minimum absolute atomic E-state index is 0.111. The van der Waals surface area contributed by atoms with Gasteiger partial charge in [0.2, 0.25) is 5.91 Å². The quantitative estimate of drug-likeness (QED) is 0.819. The first kappa shape index (κ1) is 14.8. The zero-order valence-electron chi connectivity index (χ0n) is 11.4. The summed E-state index contributed by atoms with van der Waals surface area (Å²) in [6.45, 7) is 2.27. The molecule has 0 bridgehead atoms. The van der Waals surface area contributed by atoms with Gasteiger partial charge in [0.05, 0.1) is 13.7 Å². The van der Waals surface area contributed by atoms with E-state index < -0.39 is 6.03 Å². The molecule has 0 aliphatic rings. The summed E-state index contributed by atoms with van der Waals surface area (Å²) in [5, 5.41) is 2.27. The van der Waals surface area contributed by atoms with E-state index in [0.29, 0.717) is 6.54 Å². The molecule has 3 amide bonds. The molecule has 0 radical (unpaired) electrons. The van der Waals surface area contributed by atoms with Crippen molar-refractivity contribution < 1.29 is 14.3 Å². The van der Waals surface area contributed by atoms with Crippen LogP contribution in [0.1, 0.15) is 11.1 Å². The van der Waals surface area contributed by atoms with Crippen molar-refractivity contribution in [1.29, 1.82) is 0 Å². The first-order valence-corrected chi connectivity index (χ1v) is 5.85. The second kappa shape index (κ2) is 6.63. The number of methoxy groups -OCH3 is 1. The fourth-order valence-electron chi connectivity index (χ4n) is 1.67. The average Bonchev–Trinajstić information content (AvgIpc) is 2.36. The monoisotopic (exact) mass is 265 g/mol. The SMILES string of the molecule is COc1ccc(C)cc1CN(C)C(=O)CNC(N)=O. The van der Waals surface area contributed by atoms with Crippen LogP contribution in [0.4, 0.5) is 4.79 Å². The number of carbonyl (C=O) groups excluding carboxylic acids is 2. The van der Waals surface area contributed by atoms with E-state index in [9.17, 15) is 9.59 Å². The fraction of sp³-hybridized carbons (Fsp3) is 0.385. The average molecular weight is 265 g/mol. The third-order valence-electron chi connectivity index (χ3n) is 2.68. The van der Waals surface area contributed by atoms with Gasteiger partial charge in [-0.15, -0.1) is 0 Å². The summed E-state index contributed by atoms with van der Waals surface area (Å²) >= 11 is 0. The lowest BCUT2D eigenvalue weighted by molar-refractivity contribution is -0.129. The van der Waals surface area contributed by atoms with E-state index in [4.69, 9.17) is 10.5 Å². The zero-order valence-corrected chi connectivity index (χ0v) is 11.4. The lowest BCUT2D eigenvalue weighted by atomic mass is 10.1. The van der Waals surface area contributed by atoms with Crippen LogP contribution in [-0.2, 0) is 11.3 Å². The first-order chi connectivity index (χ1) is 8.93. The Hall–Kier alpha value is -2.24. The van der Waals surface area contributed by atoms with Gasteiger partial charge in [0, 0.05) is 19.2 Å². The van der Waals surface area contributed by atoms with Crippen molar-refractivity contribution >= 4 is 11.9 Å². The second-order valence-corrected chi connectivity index (χ2v) is 4.28. The van der Waals surface area contributed by atoms with Gasteiger partial charge in [-0.25, -0.2) is 4.79 Å². The van der Waals surface area contributed by atoms with Crippen LogP contribution in [0.3, 0.4) is 0 Å². The van der Waals surface area contributed by atoms with Crippen LogP contribution in [0, 0.1) is 6.92 Å². The fourth-order valence-corrected chi connectivity index (χ4v) is 1.67. The minimum atomic E-state index is -0.713. The van der Waals surface area contributed by atoms with Crippen molar-refractivity contribution in [2.75, 3.05) is 20.7 Å². The lowest BCUT2D eigenvalue weighted by Crippen LogP contribution is -2.40. The molecule has 1 rings (SSSR count). The molecule has 0 aliphatic carbocycles. The van der Waals surface area contributed by atoms with Gasteiger partial charge in [0.25, 0.3) is 0 Å². The number of rotatable bonds is 5. The van der Waals surface area contributed by atoms with E-state index in [-0.39, 0.29) is 12.5 Å². The molecule has 1 aromatic rings. The normalized spacial score (nSPS) is 9.84. The summed E-state index contributed by atoms with van der Waals surface area (Å²) in [6, 6.07) is 5.06. The third kappa shape index (κ3) is 4.50. The molecule has 19 heavy (non-hydrogen) atoms. The van der Waals surface area contributed by atoms with Gasteiger partial charge in [0.1, 0.15) is 5.75 Å². The number of nitrogens with one attached hydrogen (secondary N) is 1. The summed E-state index contributed by atoms with van der Waals surface area (Å²) < 4.78 is 5.25. The molecule has 0 unspecified atom stereocenters. The van der Waals surface area contributed by atoms with Crippen LogP contribution in [0.25, 0.3) is 0 Å². The molecule has 0 fully saturated rings. The molecule has 0 saturated carbocycles. The summed E-state index contributed by atoms with van der Waals surface area (Å²) in [5.41, 5.74) is 6.92. The van der Waals surface area contributed by atoms with Crippen LogP contribution >= 0.6 is 0 Å². The summed E-state index contributed by atoms with van der Waals surface area (Å²) in [5.74, 6) is 0.510. The molecular formula is C13H19N3O3. The van der Waals surface area contributed by atoms with E-state index >= 15 is 0 Å². The summed E-state index contributed by atoms with van der Waals surface area (Å²) in [7, 11) is 3.25. The molecular weight excluding hydrogens is 246 g/mol. The molecule has 0 heterocycles. The number of ether oxygens (including phenoxy) is 1. The predicted octanol–water partition coefficient (Wildman–Crippen LogP) is 0.630. The van der Waals surface area contributed by atoms with Crippen molar-refractivity contribution in [2.45, 2.75) is 13.5 Å². The van der Waals surface area contributed by atoms with Crippen molar-refractivity contribution in [2.24, 2.45) is 5.73 Å². The summed E-state index contributed by atoms with van der Waals surface area (Å²) in [6.07, 6.45) is 0. The van der Waals surface area contributed by atoms with E-state index in [2.05, 4.69) is 5.32 Å².